The van der Waals surface area contributed by atoms with Gasteiger partial charge in [0.15, 0.2) is 0 Å². The summed E-state index contributed by atoms with van der Waals surface area (Å²) in [5.41, 5.74) is -0.667. The molecule has 1 N–H and O–H groups in total. The van der Waals surface area contributed by atoms with Crippen LogP contribution >= 0.6 is 0 Å². The van der Waals surface area contributed by atoms with Crippen LogP contribution < -0.4 is 5.32 Å². The first-order valence-electron chi connectivity index (χ1n) is 3.15. The van der Waals surface area contributed by atoms with E-state index >= 15 is 0 Å². The van der Waals surface area contributed by atoms with Gasteiger partial charge >= 0.3 is 6.43 Å². The molecule has 0 spiro atoms. The van der Waals surface area contributed by atoms with Crippen molar-refractivity contribution in [2.45, 2.75) is 6.42 Å². The molecule has 0 aromatic heterocycles. The number of rotatable bonds is 1. The Morgan fingerprint density at radius 3 is 2.56 bits per heavy atom. The zero-order chi connectivity index (χ0) is 6.48. The van der Waals surface area contributed by atoms with Crippen molar-refractivity contribution in [1.29, 1.82) is 0 Å². The van der Waals surface area contributed by atoms with E-state index in [1.54, 1.807) is 0 Å². The lowest BCUT2D eigenvalue weighted by molar-refractivity contribution is 0.191. The summed E-state index contributed by atoms with van der Waals surface area (Å²) in [6.07, 6.45) is -0.653. The minimum Gasteiger partial charge on any atom is -0.316 e. The van der Waals surface area contributed by atoms with E-state index in [9.17, 15) is 8.78 Å². The molecule has 1 aliphatic carbocycles. The van der Waals surface area contributed by atoms with Gasteiger partial charge in [-0.2, -0.15) is 8.78 Å². The van der Waals surface area contributed by atoms with Crippen molar-refractivity contribution in [1.82, 2.24) is 5.32 Å². The summed E-state index contributed by atoms with van der Waals surface area (Å²) >= 11 is 0. The van der Waals surface area contributed by atoms with E-state index in [1.807, 2.05) is 0 Å². The van der Waals surface area contributed by atoms with Gasteiger partial charge in [-0.1, -0.05) is 0 Å². The minimum atomic E-state index is -1.36. The lowest BCUT2D eigenvalue weighted by Crippen LogP contribution is -2.18. The Labute approximate surface area is 52.4 Å². The van der Waals surface area contributed by atoms with E-state index in [-0.39, 0.29) is 5.92 Å². The second kappa shape index (κ2) is 1.45. The first-order chi connectivity index (χ1) is 4.26. The zero-order valence-electron chi connectivity index (χ0n) is 4.95. The minimum absolute atomic E-state index is 0.252. The van der Waals surface area contributed by atoms with Gasteiger partial charge < -0.3 is 5.32 Å². The molecule has 0 aromatic rings. The highest BCUT2D eigenvalue weighted by atomic mass is 19.3. The Bertz CT molecular complexity index is 133. The molecule has 1 saturated carbocycles. The molecule has 51 valence electrons. The molecule has 1 heterocycles. The fourth-order valence-corrected chi connectivity index (χ4v) is 1.63. The summed E-state index contributed by atoms with van der Waals surface area (Å²) in [5, 5.41) is 2.94. The molecule has 2 rings (SSSR count). The number of fused-ring (bicyclic) bond motifs is 1. The molecular weight excluding hydrogens is 124 g/mol. The van der Waals surface area contributed by atoms with Crippen molar-refractivity contribution in [2.24, 2.45) is 11.3 Å². The fraction of sp³-hybridized carbons (Fsp3) is 0.833. The second-order valence-corrected chi connectivity index (χ2v) is 2.95. The lowest BCUT2D eigenvalue weighted by Gasteiger charge is -2.05. The molecule has 2 atom stereocenters. The van der Waals surface area contributed by atoms with Gasteiger partial charge in [0.05, 0.1) is 5.41 Å². The van der Waals surface area contributed by atoms with Gasteiger partial charge in [0, 0.05) is 6.54 Å². The van der Waals surface area contributed by atoms with Crippen molar-refractivity contribution in [3.05, 3.63) is 6.43 Å². The zero-order valence-corrected chi connectivity index (χ0v) is 4.95. The highest BCUT2D eigenvalue weighted by Gasteiger charge is 2.64. The molecule has 9 heavy (non-hydrogen) atoms. The van der Waals surface area contributed by atoms with E-state index in [4.69, 9.17) is 0 Å². The summed E-state index contributed by atoms with van der Waals surface area (Å²) in [5.74, 6) is 0.252. The molecule has 2 fully saturated rings. The van der Waals surface area contributed by atoms with Crippen LogP contribution in [-0.2, 0) is 0 Å². The van der Waals surface area contributed by atoms with Crippen molar-refractivity contribution < 1.29 is 8.78 Å². The van der Waals surface area contributed by atoms with Gasteiger partial charge in [-0.3, -0.25) is 0 Å². The fourth-order valence-electron chi connectivity index (χ4n) is 1.63. The quantitative estimate of drug-likeness (QED) is 0.561. The lowest BCUT2D eigenvalue weighted by atomic mass is 10.1. The third-order valence-corrected chi connectivity index (χ3v) is 2.44. The Balaban J connectivity index is 2.10. The van der Waals surface area contributed by atoms with Gasteiger partial charge in [-0.15, -0.1) is 0 Å². The van der Waals surface area contributed by atoms with Crippen LogP contribution in [0.5, 0.6) is 0 Å². The van der Waals surface area contributed by atoms with Crippen LogP contribution in [0.2, 0.25) is 0 Å². The summed E-state index contributed by atoms with van der Waals surface area (Å²) < 4.78 is 24.1. The first kappa shape index (κ1) is 5.59. The van der Waals surface area contributed by atoms with Crippen LogP contribution in [0, 0.1) is 17.8 Å². The van der Waals surface area contributed by atoms with Crippen molar-refractivity contribution in [2.75, 3.05) is 13.1 Å². The summed E-state index contributed by atoms with van der Waals surface area (Å²) in [6.45, 7) is 1.29. The molecule has 1 nitrogen and oxygen atoms in total. The normalized spacial score (nSPS) is 47.7. The van der Waals surface area contributed by atoms with Crippen LogP contribution in [0.25, 0.3) is 0 Å². The molecule has 1 aliphatic heterocycles. The molecule has 3 heteroatoms. The Morgan fingerprint density at radius 2 is 2.33 bits per heavy atom. The molecule has 0 bridgehead atoms. The average molecular weight is 132 g/mol. The van der Waals surface area contributed by atoms with Crippen LogP contribution in [0.4, 0.5) is 8.78 Å². The third-order valence-electron chi connectivity index (χ3n) is 2.44. The van der Waals surface area contributed by atoms with E-state index in [0.29, 0.717) is 13.0 Å². The maximum absolute atomic E-state index is 12.0. The van der Waals surface area contributed by atoms with Gasteiger partial charge in [0.1, 0.15) is 0 Å². The van der Waals surface area contributed by atoms with Gasteiger partial charge in [0.25, 0.3) is 0 Å². The number of hydrogen-bond acceptors (Lipinski definition) is 1. The summed E-state index contributed by atoms with van der Waals surface area (Å²) in [4.78, 5) is 0. The molecule has 0 aromatic carbocycles. The predicted octanol–water partition coefficient (Wildman–Crippen LogP) is 1.02. The monoisotopic (exact) mass is 132 g/mol. The molecule has 2 aliphatic rings. The number of hydrogen-bond donors (Lipinski definition) is 1. The smallest absolute Gasteiger partial charge is 0.316 e. The molecule has 1 saturated heterocycles. The summed E-state index contributed by atoms with van der Waals surface area (Å²) in [7, 11) is 0. The second-order valence-electron chi connectivity index (χ2n) is 2.95. The first-order valence-corrected chi connectivity index (χ1v) is 3.15. The van der Waals surface area contributed by atoms with Crippen molar-refractivity contribution in [3.8, 4) is 0 Å². The van der Waals surface area contributed by atoms with Crippen LogP contribution in [0.15, 0.2) is 0 Å². The molecular formula is C6H8F2N. The third kappa shape index (κ3) is 0.556. The average Bonchev–Trinajstić information content (AvgIpc) is 2.38. The van der Waals surface area contributed by atoms with E-state index < -0.39 is 11.8 Å². The van der Waals surface area contributed by atoms with E-state index in [1.165, 1.54) is 0 Å². The number of halogens is 2. The van der Waals surface area contributed by atoms with E-state index in [0.717, 1.165) is 6.54 Å². The maximum atomic E-state index is 12.0. The topological polar surface area (TPSA) is 12.0 Å². The Morgan fingerprint density at radius 1 is 1.56 bits per heavy atom. The molecule has 1 radical (unpaired) electrons. The SMILES string of the molecule is F[C](F)C12CNCC1C2. The van der Waals surface area contributed by atoms with E-state index in [2.05, 4.69) is 5.32 Å². The van der Waals surface area contributed by atoms with Gasteiger partial charge in [-0.05, 0) is 18.9 Å². The Hall–Kier alpha value is -0.180. The van der Waals surface area contributed by atoms with Crippen molar-refractivity contribution >= 4 is 0 Å². The highest BCUT2D eigenvalue weighted by Crippen LogP contribution is 2.61. The van der Waals surface area contributed by atoms with Gasteiger partial charge in [0.2, 0.25) is 0 Å². The maximum Gasteiger partial charge on any atom is 0.317 e. The van der Waals surface area contributed by atoms with Gasteiger partial charge in [-0.25, -0.2) is 0 Å². The number of nitrogens with one attached hydrogen (secondary N) is 1. The van der Waals surface area contributed by atoms with Crippen LogP contribution in [-0.4, -0.2) is 13.1 Å². The molecule has 2 unspecified atom stereocenters. The van der Waals surface area contributed by atoms with Crippen LogP contribution in [0.3, 0.4) is 0 Å². The largest absolute Gasteiger partial charge is 0.317 e. The summed E-state index contributed by atoms with van der Waals surface area (Å²) in [6, 6.07) is 0. The predicted molar refractivity (Wildman–Crippen MR) is 28.9 cm³/mol. The Kier molecular flexibility index (Phi) is 0.903. The number of piperidine rings is 1. The van der Waals surface area contributed by atoms with Crippen molar-refractivity contribution in [3.63, 3.8) is 0 Å². The molecule has 0 amide bonds. The standard InChI is InChI=1S/C6H8F2N/c7-5(8)6-1-4(6)2-9-3-6/h4,9H,1-3H2. The van der Waals surface area contributed by atoms with Crippen LogP contribution in [0.1, 0.15) is 6.42 Å². The highest BCUT2D eigenvalue weighted by molar-refractivity contribution is 5.16.